The molecule has 4 N–H and O–H groups in total. The molecule has 2 heterocycles. The van der Waals surface area contributed by atoms with Crippen LogP contribution in [0.25, 0.3) is 5.52 Å². The molecule has 3 aromatic rings. The molecule has 1 atom stereocenters. The Morgan fingerprint density at radius 2 is 1.92 bits per heavy atom. The minimum Gasteiger partial charge on any atom is -0.399 e. The standard InChI is InChI=1S/C26H33F3N6O/c1-15(19-10-20(26(27,28)29)12-22(30)11-19)31-24-23-13-21(14-35(23)33-17(3)32-24)25(36)8-6-18(7-9-25)16(2)34(4)5/h10-15,18,36H,2,6-9,30H2,1,3-5H3,(H,31,32,33)/t15-,18-,25-/m1/s1. The van der Waals surface area contributed by atoms with Gasteiger partial charge in [-0.05, 0) is 75.3 Å². The molecule has 4 rings (SSSR count). The summed E-state index contributed by atoms with van der Waals surface area (Å²) in [5.74, 6) is 1.29. The molecule has 0 saturated heterocycles. The van der Waals surface area contributed by atoms with Crippen molar-refractivity contribution in [1.82, 2.24) is 19.5 Å². The minimum atomic E-state index is -4.49. The van der Waals surface area contributed by atoms with E-state index < -0.39 is 23.4 Å². The molecule has 0 spiro atoms. The first-order valence-electron chi connectivity index (χ1n) is 12.0. The third-order valence-electron chi connectivity index (χ3n) is 7.12. The Kier molecular flexibility index (Phi) is 6.68. The van der Waals surface area contributed by atoms with Crippen molar-refractivity contribution >= 4 is 17.0 Å². The lowest BCUT2D eigenvalue weighted by Gasteiger charge is -2.37. The fourth-order valence-electron chi connectivity index (χ4n) is 4.93. The number of aliphatic hydroxyl groups is 1. The van der Waals surface area contributed by atoms with Gasteiger partial charge >= 0.3 is 6.18 Å². The maximum atomic E-state index is 13.3. The number of nitrogens with one attached hydrogen (secondary N) is 1. The van der Waals surface area contributed by atoms with Gasteiger partial charge in [-0.15, -0.1) is 0 Å². The van der Waals surface area contributed by atoms with Crippen LogP contribution in [0.1, 0.15) is 61.2 Å². The zero-order chi connectivity index (χ0) is 26.4. The van der Waals surface area contributed by atoms with Gasteiger partial charge < -0.3 is 21.1 Å². The van der Waals surface area contributed by atoms with Crippen molar-refractivity contribution in [3.05, 3.63) is 65.3 Å². The highest BCUT2D eigenvalue weighted by atomic mass is 19.4. The van der Waals surface area contributed by atoms with E-state index >= 15 is 0 Å². The number of benzene rings is 1. The number of fused-ring (bicyclic) bond motifs is 1. The zero-order valence-corrected chi connectivity index (χ0v) is 21.0. The number of anilines is 2. The average Bonchev–Trinajstić information content (AvgIpc) is 3.23. The number of hydrogen-bond donors (Lipinski definition) is 3. The number of aryl methyl sites for hydroxylation is 1. The number of halogens is 3. The van der Waals surface area contributed by atoms with Crippen LogP contribution in [0.15, 0.2) is 42.7 Å². The number of nitrogens with two attached hydrogens (primary N) is 1. The second-order valence-corrected chi connectivity index (χ2v) is 10.0. The molecule has 1 aliphatic rings. The third-order valence-corrected chi connectivity index (χ3v) is 7.12. The summed E-state index contributed by atoms with van der Waals surface area (Å²) in [7, 11) is 3.96. The Balaban J connectivity index is 1.61. The zero-order valence-electron chi connectivity index (χ0n) is 21.0. The lowest BCUT2D eigenvalue weighted by atomic mass is 9.75. The molecule has 1 aliphatic carbocycles. The number of allylic oxidation sites excluding steroid dienone is 1. The number of nitrogen functional groups attached to an aromatic ring is 1. The fraction of sp³-hybridized carbons (Fsp3) is 0.462. The molecule has 1 fully saturated rings. The van der Waals surface area contributed by atoms with Crippen LogP contribution in [0, 0.1) is 12.8 Å². The molecule has 194 valence electrons. The Hall–Kier alpha value is -3.27. The van der Waals surface area contributed by atoms with Gasteiger partial charge in [0.25, 0.3) is 0 Å². The first-order chi connectivity index (χ1) is 16.8. The number of alkyl halides is 3. The van der Waals surface area contributed by atoms with Crippen LogP contribution < -0.4 is 11.1 Å². The highest BCUT2D eigenvalue weighted by Crippen LogP contribution is 2.43. The summed E-state index contributed by atoms with van der Waals surface area (Å²) < 4.78 is 41.5. The van der Waals surface area contributed by atoms with E-state index in [1.54, 1.807) is 18.4 Å². The second-order valence-electron chi connectivity index (χ2n) is 10.0. The van der Waals surface area contributed by atoms with Crippen molar-refractivity contribution in [3.8, 4) is 0 Å². The SMILES string of the molecule is C=C([C@H]1CC[C@@](O)(c2cc3c(N[C@H](C)c4cc(N)cc(C(F)(F)F)c4)nc(C)nn3c2)CC1)N(C)C. The van der Waals surface area contributed by atoms with Crippen molar-refractivity contribution in [2.45, 2.75) is 57.3 Å². The average molecular weight is 503 g/mol. The van der Waals surface area contributed by atoms with Crippen molar-refractivity contribution in [2.75, 3.05) is 25.1 Å². The number of rotatable bonds is 6. The van der Waals surface area contributed by atoms with Crippen LogP contribution in [-0.2, 0) is 11.8 Å². The topological polar surface area (TPSA) is 91.7 Å². The number of aromatic nitrogens is 3. The van der Waals surface area contributed by atoms with Crippen molar-refractivity contribution in [3.63, 3.8) is 0 Å². The van der Waals surface area contributed by atoms with Crippen LogP contribution >= 0.6 is 0 Å². The van der Waals surface area contributed by atoms with E-state index in [1.807, 2.05) is 31.3 Å². The van der Waals surface area contributed by atoms with E-state index in [0.717, 1.165) is 36.2 Å². The molecule has 1 aromatic carbocycles. The van der Waals surface area contributed by atoms with E-state index in [0.29, 0.717) is 41.5 Å². The molecule has 0 amide bonds. The molecular weight excluding hydrogens is 469 g/mol. The van der Waals surface area contributed by atoms with Crippen LogP contribution in [0.2, 0.25) is 0 Å². The molecule has 0 aliphatic heterocycles. The van der Waals surface area contributed by atoms with E-state index in [2.05, 4.69) is 22.0 Å². The third kappa shape index (κ3) is 5.13. The summed E-state index contributed by atoms with van der Waals surface area (Å²) in [5.41, 5.74) is 6.84. The number of hydrogen-bond acceptors (Lipinski definition) is 6. The normalized spacial score (nSPS) is 21.4. The van der Waals surface area contributed by atoms with Gasteiger partial charge in [-0.1, -0.05) is 6.58 Å². The number of nitrogens with zero attached hydrogens (tertiary/aromatic N) is 4. The molecule has 0 unspecified atom stereocenters. The molecule has 10 heteroatoms. The largest absolute Gasteiger partial charge is 0.416 e. The quantitative estimate of drug-likeness (QED) is 0.398. The molecule has 1 saturated carbocycles. The van der Waals surface area contributed by atoms with Crippen molar-refractivity contribution in [2.24, 2.45) is 5.92 Å². The monoisotopic (exact) mass is 502 g/mol. The summed E-state index contributed by atoms with van der Waals surface area (Å²) >= 11 is 0. The highest BCUT2D eigenvalue weighted by Gasteiger charge is 2.37. The molecule has 2 aromatic heterocycles. The summed E-state index contributed by atoms with van der Waals surface area (Å²) in [4.78, 5) is 6.53. The predicted octanol–water partition coefficient (Wildman–Crippen LogP) is 5.26. The van der Waals surface area contributed by atoms with Gasteiger partial charge in [-0.3, -0.25) is 0 Å². The maximum Gasteiger partial charge on any atom is 0.416 e. The molecular formula is C26H33F3N6O. The van der Waals surface area contributed by atoms with Gasteiger partial charge in [-0.2, -0.15) is 18.3 Å². The Bertz CT molecular complexity index is 1270. The summed E-state index contributed by atoms with van der Waals surface area (Å²) in [6, 6.07) is 4.87. The molecule has 0 radical (unpaired) electrons. The van der Waals surface area contributed by atoms with Crippen molar-refractivity contribution in [1.29, 1.82) is 0 Å². The van der Waals surface area contributed by atoms with Gasteiger partial charge in [0.15, 0.2) is 5.82 Å². The van der Waals surface area contributed by atoms with Crippen LogP contribution in [0.3, 0.4) is 0 Å². The lowest BCUT2D eigenvalue weighted by Crippen LogP contribution is -2.33. The van der Waals surface area contributed by atoms with Crippen LogP contribution in [0.4, 0.5) is 24.7 Å². The molecule has 7 nitrogen and oxygen atoms in total. The van der Waals surface area contributed by atoms with E-state index in [-0.39, 0.29) is 5.69 Å². The molecule has 36 heavy (non-hydrogen) atoms. The smallest absolute Gasteiger partial charge is 0.399 e. The Morgan fingerprint density at radius 3 is 2.53 bits per heavy atom. The van der Waals surface area contributed by atoms with Crippen LogP contribution in [0.5, 0.6) is 0 Å². The summed E-state index contributed by atoms with van der Waals surface area (Å²) in [6.07, 6.45) is 0.148. The van der Waals surface area contributed by atoms with E-state index in [4.69, 9.17) is 5.73 Å². The predicted molar refractivity (Wildman–Crippen MR) is 134 cm³/mol. The van der Waals surface area contributed by atoms with E-state index in [9.17, 15) is 18.3 Å². The summed E-state index contributed by atoms with van der Waals surface area (Å²) in [5, 5.41) is 19.2. The minimum absolute atomic E-state index is 0.0391. The Labute approximate surface area is 208 Å². The fourth-order valence-corrected chi connectivity index (χ4v) is 4.93. The van der Waals surface area contributed by atoms with Gasteiger partial charge in [0, 0.05) is 37.2 Å². The van der Waals surface area contributed by atoms with Gasteiger partial charge in [0.2, 0.25) is 0 Å². The first kappa shape index (κ1) is 25.8. The maximum absolute atomic E-state index is 13.3. The van der Waals surface area contributed by atoms with Gasteiger partial charge in [0.1, 0.15) is 11.3 Å². The molecule has 0 bridgehead atoms. The summed E-state index contributed by atoms with van der Waals surface area (Å²) in [6.45, 7) is 7.66. The first-order valence-corrected chi connectivity index (χ1v) is 12.0. The highest BCUT2D eigenvalue weighted by molar-refractivity contribution is 5.70. The second kappa shape index (κ2) is 9.31. The van der Waals surface area contributed by atoms with Gasteiger partial charge in [-0.25, -0.2) is 9.50 Å². The lowest BCUT2D eigenvalue weighted by molar-refractivity contribution is -0.137. The van der Waals surface area contributed by atoms with Gasteiger partial charge in [0.05, 0.1) is 17.2 Å². The Morgan fingerprint density at radius 1 is 1.25 bits per heavy atom. The van der Waals surface area contributed by atoms with E-state index in [1.165, 1.54) is 6.07 Å². The van der Waals surface area contributed by atoms with Crippen LogP contribution in [-0.4, -0.2) is 38.7 Å². The van der Waals surface area contributed by atoms with Crippen molar-refractivity contribution < 1.29 is 18.3 Å².